The number of thiazole rings is 1. The van der Waals surface area contributed by atoms with Crippen LogP contribution in [0.4, 0.5) is 0 Å². The van der Waals surface area contributed by atoms with Gasteiger partial charge in [-0.2, -0.15) is 0 Å². The van der Waals surface area contributed by atoms with Gasteiger partial charge in [0.05, 0.1) is 24.6 Å². The van der Waals surface area contributed by atoms with Crippen molar-refractivity contribution >= 4 is 41.3 Å². The van der Waals surface area contributed by atoms with Crippen molar-refractivity contribution in [2.45, 2.75) is 32.9 Å². The molecular weight excluding hydrogens is 507 g/mol. The highest BCUT2D eigenvalue weighted by molar-refractivity contribution is 14.0. The molecule has 1 saturated heterocycles. The van der Waals surface area contributed by atoms with Crippen LogP contribution in [0.1, 0.15) is 31.3 Å². The van der Waals surface area contributed by atoms with Gasteiger partial charge in [-0.05, 0) is 19.3 Å². The van der Waals surface area contributed by atoms with Crippen LogP contribution in [0, 0.1) is 5.92 Å². The van der Waals surface area contributed by atoms with Crippen molar-refractivity contribution in [2.24, 2.45) is 10.9 Å². The first-order valence-corrected chi connectivity index (χ1v) is 11.1. The van der Waals surface area contributed by atoms with Gasteiger partial charge in [0.1, 0.15) is 5.01 Å². The van der Waals surface area contributed by atoms with Gasteiger partial charge in [0.25, 0.3) is 0 Å². The van der Waals surface area contributed by atoms with Gasteiger partial charge in [-0.1, -0.05) is 37.3 Å². The number of aromatic nitrogens is 3. The fourth-order valence-corrected chi connectivity index (χ4v) is 4.51. The number of nitrogens with one attached hydrogen (secondary N) is 1. The highest BCUT2D eigenvalue weighted by Crippen LogP contribution is 2.27. The predicted octanol–water partition coefficient (Wildman–Crippen LogP) is 4.67. The molecule has 0 amide bonds. The maximum absolute atomic E-state index is 4.91. The lowest BCUT2D eigenvalue weighted by molar-refractivity contribution is 0.189. The fourth-order valence-electron chi connectivity index (χ4n) is 3.79. The first-order valence-electron chi connectivity index (χ1n) is 10.2. The lowest BCUT2D eigenvalue weighted by atomic mass is 9.93. The second-order valence-electron chi connectivity index (χ2n) is 7.45. The van der Waals surface area contributed by atoms with Crippen LogP contribution in [0.3, 0.4) is 0 Å². The average Bonchev–Trinajstić information content (AvgIpc) is 3.45. The van der Waals surface area contributed by atoms with E-state index in [1.54, 1.807) is 11.3 Å². The Bertz CT molecular complexity index is 924. The van der Waals surface area contributed by atoms with E-state index in [0.717, 1.165) is 48.3 Å². The highest BCUT2D eigenvalue weighted by atomic mass is 127. The number of piperidine rings is 1. The Kier molecular flexibility index (Phi) is 8.26. The molecule has 3 aromatic rings. The van der Waals surface area contributed by atoms with Gasteiger partial charge in [-0.15, -0.1) is 35.3 Å². The van der Waals surface area contributed by atoms with Crippen LogP contribution in [-0.4, -0.2) is 45.0 Å². The van der Waals surface area contributed by atoms with E-state index >= 15 is 0 Å². The summed E-state index contributed by atoms with van der Waals surface area (Å²) in [7, 11) is 0. The molecule has 1 N–H and O–H groups in total. The summed E-state index contributed by atoms with van der Waals surface area (Å²) in [5.74, 6) is 1.59. The molecular formula is C22H29IN6S. The van der Waals surface area contributed by atoms with E-state index in [4.69, 9.17) is 9.98 Å². The van der Waals surface area contributed by atoms with Crippen LogP contribution >= 0.6 is 35.3 Å². The maximum Gasteiger partial charge on any atom is 0.194 e. The molecule has 0 bridgehead atoms. The van der Waals surface area contributed by atoms with Crippen molar-refractivity contribution in [3.8, 4) is 11.3 Å². The van der Waals surface area contributed by atoms with Crippen molar-refractivity contribution in [1.82, 2.24) is 24.8 Å². The summed E-state index contributed by atoms with van der Waals surface area (Å²) in [4.78, 5) is 16.3. The maximum atomic E-state index is 4.91. The number of aliphatic imine (C=N–C) groups is 1. The van der Waals surface area contributed by atoms with Gasteiger partial charge in [-0.25, -0.2) is 15.0 Å². The zero-order valence-corrected chi connectivity index (χ0v) is 20.6. The second kappa shape index (κ2) is 10.9. The van der Waals surface area contributed by atoms with Crippen LogP contribution in [0.5, 0.6) is 0 Å². The molecule has 6 nitrogen and oxygen atoms in total. The van der Waals surface area contributed by atoms with E-state index in [1.165, 1.54) is 0 Å². The summed E-state index contributed by atoms with van der Waals surface area (Å²) in [5, 5.41) is 6.62. The molecule has 1 aromatic carbocycles. The topological polar surface area (TPSA) is 58.3 Å². The highest BCUT2D eigenvalue weighted by Gasteiger charge is 2.28. The van der Waals surface area contributed by atoms with Gasteiger partial charge in [0.2, 0.25) is 0 Å². The number of imidazole rings is 1. The van der Waals surface area contributed by atoms with E-state index in [9.17, 15) is 0 Å². The lowest BCUT2D eigenvalue weighted by Gasteiger charge is -2.39. The standard InChI is InChI=1S/C22H28N6S.HI/c1-3-24-22(27-11-9-17(2)20(14-27)28-12-10-23-16-28)25-13-21-26-19(15-29-21)18-7-5-4-6-8-18;/h4-8,10,12,15-17,20H,3,9,11,13-14H2,1-2H3,(H,24,25);1H. The molecule has 160 valence electrons. The number of likely N-dealkylation sites (tertiary alicyclic amines) is 1. The van der Waals surface area contributed by atoms with Crippen molar-refractivity contribution < 1.29 is 0 Å². The van der Waals surface area contributed by atoms with E-state index in [2.05, 4.69) is 57.3 Å². The molecule has 8 heteroatoms. The molecule has 2 aromatic heterocycles. The molecule has 1 fully saturated rings. The predicted molar refractivity (Wildman–Crippen MR) is 134 cm³/mol. The van der Waals surface area contributed by atoms with Crippen molar-refractivity contribution in [3.63, 3.8) is 0 Å². The number of guanidine groups is 1. The number of rotatable bonds is 5. The largest absolute Gasteiger partial charge is 0.357 e. The smallest absolute Gasteiger partial charge is 0.194 e. The van der Waals surface area contributed by atoms with E-state index in [-0.39, 0.29) is 24.0 Å². The summed E-state index contributed by atoms with van der Waals surface area (Å²) in [5.41, 5.74) is 2.18. The van der Waals surface area contributed by atoms with Gasteiger partial charge in [0, 0.05) is 43.0 Å². The molecule has 3 heterocycles. The third-order valence-corrected chi connectivity index (χ3v) is 6.28. The van der Waals surface area contributed by atoms with Crippen LogP contribution in [0.2, 0.25) is 0 Å². The van der Waals surface area contributed by atoms with Crippen LogP contribution < -0.4 is 5.32 Å². The first kappa shape index (κ1) is 22.7. The van der Waals surface area contributed by atoms with Crippen LogP contribution in [0.15, 0.2) is 59.4 Å². The zero-order valence-electron chi connectivity index (χ0n) is 17.4. The minimum Gasteiger partial charge on any atom is -0.357 e. The zero-order chi connectivity index (χ0) is 20.1. The Morgan fingerprint density at radius 2 is 2.13 bits per heavy atom. The van der Waals surface area contributed by atoms with Crippen molar-refractivity contribution in [3.05, 3.63) is 59.4 Å². The van der Waals surface area contributed by atoms with E-state index < -0.39 is 0 Å². The number of nitrogens with zero attached hydrogens (tertiary/aromatic N) is 5. The molecule has 4 rings (SSSR count). The average molecular weight is 536 g/mol. The summed E-state index contributed by atoms with van der Waals surface area (Å²) in [6, 6.07) is 10.7. The van der Waals surface area contributed by atoms with Crippen LogP contribution in [-0.2, 0) is 6.54 Å². The molecule has 2 unspecified atom stereocenters. The Hall–Kier alpha value is -1.94. The van der Waals surface area contributed by atoms with Crippen molar-refractivity contribution in [1.29, 1.82) is 0 Å². The normalized spacial score (nSPS) is 19.4. The Labute approximate surface area is 199 Å². The Morgan fingerprint density at radius 3 is 2.87 bits per heavy atom. The quantitative estimate of drug-likeness (QED) is 0.293. The molecule has 1 aliphatic heterocycles. The number of hydrogen-bond acceptors (Lipinski definition) is 4. The van der Waals surface area contributed by atoms with Gasteiger partial charge >= 0.3 is 0 Å². The van der Waals surface area contributed by atoms with Gasteiger partial charge < -0.3 is 14.8 Å². The third kappa shape index (κ3) is 5.40. The summed E-state index contributed by atoms with van der Waals surface area (Å²) < 4.78 is 2.23. The van der Waals surface area contributed by atoms with Crippen LogP contribution in [0.25, 0.3) is 11.3 Å². The summed E-state index contributed by atoms with van der Waals surface area (Å²) >= 11 is 1.67. The molecule has 0 radical (unpaired) electrons. The molecule has 0 aliphatic carbocycles. The monoisotopic (exact) mass is 536 g/mol. The van der Waals surface area contributed by atoms with Crippen molar-refractivity contribution in [2.75, 3.05) is 19.6 Å². The first-order chi connectivity index (χ1) is 14.2. The molecule has 0 saturated carbocycles. The Balaban J connectivity index is 0.00000256. The number of benzene rings is 1. The van der Waals surface area contributed by atoms with E-state index in [1.807, 2.05) is 30.7 Å². The molecule has 1 aliphatic rings. The van der Waals surface area contributed by atoms with Gasteiger partial charge in [0.15, 0.2) is 5.96 Å². The minimum absolute atomic E-state index is 0. The number of hydrogen-bond donors (Lipinski definition) is 1. The summed E-state index contributed by atoms with van der Waals surface area (Å²) in [6.07, 6.45) is 6.99. The molecule has 0 spiro atoms. The molecule has 2 atom stereocenters. The lowest BCUT2D eigenvalue weighted by Crippen LogP contribution is -2.49. The Morgan fingerprint density at radius 1 is 1.30 bits per heavy atom. The third-order valence-electron chi connectivity index (χ3n) is 5.45. The molecule has 30 heavy (non-hydrogen) atoms. The van der Waals surface area contributed by atoms with Gasteiger partial charge in [-0.3, -0.25) is 0 Å². The van der Waals surface area contributed by atoms with E-state index in [0.29, 0.717) is 18.5 Å². The summed E-state index contributed by atoms with van der Waals surface area (Å²) in [6.45, 7) is 7.86. The number of halogens is 1. The minimum atomic E-state index is 0. The second-order valence-corrected chi connectivity index (χ2v) is 8.39. The SMILES string of the molecule is CCNC(=NCc1nc(-c2ccccc2)cs1)N1CCC(C)C(n2ccnc2)C1.I. The fraction of sp³-hybridized carbons (Fsp3) is 0.409.